The Hall–Kier alpha value is -3.35. The molecule has 1 fully saturated rings. The van der Waals surface area contributed by atoms with E-state index in [4.69, 9.17) is 4.74 Å². The highest BCUT2D eigenvalue weighted by Gasteiger charge is 2.23. The lowest BCUT2D eigenvalue weighted by Gasteiger charge is -2.23. The van der Waals surface area contributed by atoms with Gasteiger partial charge in [-0.25, -0.2) is 4.79 Å². The van der Waals surface area contributed by atoms with Gasteiger partial charge in [-0.2, -0.15) is 0 Å². The molecule has 7 heteroatoms. The molecule has 0 spiro atoms. The van der Waals surface area contributed by atoms with Crippen LogP contribution in [0.1, 0.15) is 44.0 Å². The van der Waals surface area contributed by atoms with E-state index < -0.39 is 11.7 Å². The van der Waals surface area contributed by atoms with Crippen molar-refractivity contribution in [2.75, 3.05) is 32.7 Å². The largest absolute Gasteiger partial charge is 0.444 e. The third kappa shape index (κ3) is 7.34. The Balaban J connectivity index is 1.48. The number of ether oxygens (including phenoxy) is 1. The number of alkyl carbamates (subject to hydrolysis) is 1. The van der Waals surface area contributed by atoms with Crippen molar-refractivity contribution in [1.29, 1.82) is 0 Å². The molecule has 0 unspecified atom stereocenters. The van der Waals surface area contributed by atoms with Crippen LogP contribution in [-0.2, 0) is 9.53 Å². The molecule has 176 valence electrons. The average molecular weight is 452 g/mol. The van der Waals surface area contributed by atoms with Gasteiger partial charge in [0.2, 0.25) is 5.91 Å². The first kappa shape index (κ1) is 24.3. The van der Waals surface area contributed by atoms with Crippen LogP contribution in [0.5, 0.6) is 0 Å². The first-order valence-electron chi connectivity index (χ1n) is 11.4. The summed E-state index contributed by atoms with van der Waals surface area (Å²) in [6.45, 7) is 7.78. The first-order chi connectivity index (χ1) is 15.7. The smallest absolute Gasteiger partial charge is 0.407 e. The molecule has 0 saturated carbocycles. The standard InChI is InChI=1S/C26H33N3O4/c1-26(2,3)33-25(32)27-15-14-23(30)28-16-7-17-29(19-18-28)24(31)22-12-10-21(11-13-22)20-8-5-4-6-9-20/h4-6,8-13H,7,14-19H2,1-3H3,(H,27,32). The average Bonchev–Trinajstić information content (AvgIpc) is 3.04. The number of carbonyl (C=O) groups is 3. The van der Waals surface area contributed by atoms with Gasteiger partial charge in [0.05, 0.1) is 0 Å². The maximum Gasteiger partial charge on any atom is 0.407 e. The van der Waals surface area contributed by atoms with Gasteiger partial charge >= 0.3 is 6.09 Å². The summed E-state index contributed by atoms with van der Waals surface area (Å²) in [5.74, 6) is -0.0527. The van der Waals surface area contributed by atoms with Crippen LogP contribution in [-0.4, -0.2) is 66.0 Å². The molecule has 0 bridgehead atoms. The molecule has 33 heavy (non-hydrogen) atoms. The van der Waals surface area contributed by atoms with Crippen LogP contribution in [0.25, 0.3) is 11.1 Å². The van der Waals surface area contributed by atoms with E-state index in [0.717, 1.165) is 17.5 Å². The molecule has 0 aliphatic carbocycles. The van der Waals surface area contributed by atoms with Gasteiger partial charge in [-0.1, -0.05) is 42.5 Å². The fraction of sp³-hybridized carbons (Fsp3) is 0.423. The molecular weight excluding hydrogens is 418 g/mol. The fourth-order valence-corrected chi connectivity index (χ4v) is 3.73. The zero-order chi connectivity index (χ0) is 23.8. The Labute approximate surface area is 195 Å². The molecule has 1 aliphatic heterocycles. The topological polar surface area (TPSA) is 79.0 Å². The van der Waals surface area contributed by atoms with Gasteiger partial charge in [-0.05, 0) is 50.5 Å². The van der Waals surface area contributed by atoms with Crippen LogP contribution in [0.2, 0.25) is 0 Å². The third-order valence-electron chi connectivity index (χ3n) is 5.38. The Morgan fingerprint density at radius 1 is 0.848 bits per heavy atom. The molecule has 2 aromatic carbocycles. The lowest BCUT2D eigenvalue weighted by molar-refractivity contribution is -0.130. The third-order valence-corrected chi connectivity index (χ3v) is 5.38. The number of nitrogens with zero attached hydrogens (tertiary/aromatic N) is 2. The van der Waals surface area contributed by atoms with E-state index in [1.54, 1.807) is 25.7 Å². The van der Waals surface area contributed by atoms with Crippen molar-refractivity contribution in [3.63, 3.8) is 0 Å². The van der Waals surface area contributed by atoms with Gasteiger partial charge in [0.15, 0.2) is 0 Å². The molecule has 1 N–H and O–H groups in total. The molecule has 0 aromatic heterocycles. The van der Waals surface area contributed by atoms with Gasteiger partial charge < -0.3 is 19.9 Å². The van der Waals surface area contributed by atoms with Crippen LogP contribution in [0.4, 0.5) is 4.79 Å². The Bertz CT molecular complexity index is 952. The molecule has 3 amide bonds. The van der Waals surface area contributed by atoms with Crippen LogP contribution >= 0.6 is 0 Å². The second-order valence-electron chi connectivity index (χ2n) is 9.15. The molecule has 1 heterocycles. The van der Waals surface area contributed by atoms with Crippen molar-refractivity contribution in [1.82, 2.24) is 15.1 Å². The van der Waals surface area contributed by atoms with Crippen LogP contribution in [0.3, 0.4) is 0 Å². The molecule has 7 nitrogen and oxygen atoms in total. The minimum atomic E-state index is -0.573. The van der Waals surface area contributed by atoms with Crippen LogP contribution in [0.15, 0.2) is 54.6 Å². The van der Waals surface area contributed by atoms with E-state index in [2.05, 4.69) is 5.32 Å². The molecule has 1 aliphatic rings. The van der Waals surface area contributed by atoms with E-state index >= 15 is 0 Å². The van der Waals surface area contributed by atoms with E-state index in [9.17, 15) is 14.4 Å². The second-order valence-corrected chi connectivity index (χ2v) is 9.15. The van der Waals surface area contributed by atoms with Gasteiger partial charge in [0.1, 0.15) is 5.60 Å². The van der Waals surface area contributed by atoms with Gasteiger partial charge in [0, 0.05) is 44.7 Å². The summed E-state index contributed by atoms with van der Waals surface area (Å²) in [7, 11) is 0. The van der Waals surface area contributed by atoms with Gasteiger partial charge in [0.25, 0.3) is 5.91 Å². The maximum absolute atomic E-state index is 13.0. The highest BCUT2D eigenvalue weighted by atomic mass is 16.6. The molecule has 2 aromatic rings. The Kier molecular flexibility index (Phi) is 8.09. The molecule has 1 saturated heterocycles. The van der Waals surface area contributed by atoms with Crippen LogP contribution < -0.4 is 5.32 Å². The lowest BCUT2D eigenvalue weighted by Crippen LogP contribution is -2.39. The lowest BCUT2D eigenvalue weighted by atomic mass is 10.0. The number of carbonyl (C=O) groups excluding carboxylic acids is 3. The number of amides is 3. The van der Waals surface area contributed by atoms with E-state index in [0.29, 0.717) is 31.7 Å². The van der Waals surface area contributed by atoms with Crippen LogP contribution in [0, 0.1) is 0 Å². The SMILES string of the molecule is CC(C)(C)OC(=O)NCCC(=O)N1CCCN(C(=O)c2ccc(-c3ccccc3)cc2)CC1. The maximum atomic E-state index is 13.0. The minimum Gasteiger partial charge on any atom is -0.444 e. The molecule has 0 atom stereocenters. The highest BCUT2D eigenvalue weighted by molar-refractivity contribution is 5.94. The van der Waals surface area contributed by atoms with E-state index in [1.165, 1.54) is 0 Å². The summed E-state index contributed by atoms with van der Waals surface area (Å²) >= 11 is 0. The van der Waals surface area contributed by atoms with Crippen molar-refractivity contribution in [2.45, 2.75) is 39.2 Å². The van der Waals surface area contributed by atoms with Crippen molar-refractivity contribution in [2.24, 2.45) is 0 Å². The Morgan fingerprint density at radius 2 is 1.45 bits per heavy atom. The highest BCUT2D eigenvalue weighted by Crippen LogP contribution is 2.20. The molecular formula is C26H33N3O4. The predicted molar refractivity (Wildman–Crippen MR) is 128 cm³/mol. The fourth-order valence-electron chi connectivity index (χ4n) is 3.73. The summed E-state index contributed by atoms with van der Waals surface area (Å²) in [6.07, 6.45) is 0.397. The van der Waals surface area contributed by atoms with Crippen molar-refractivity contribution in [3.8, 4) is 11.1 Å². The predicted octanol–water partition coefficient (Wildman–Crippen LogP) is 3.94. The quantitative estimate of drug-likeness (QED) is 0.747. The zero-order valence-electron chi connectivity index (χ0n) is 19.7. The first-order valence-corrected chi connectivity index (χ1v) is 11.4. The van der Waals surface area contributed by atoms with Gasteiger partial charge in [-0.3, -0.25) is 9.59 Å². The number of rotatable bonds is 5. The van der Waals surface area contributed by atoms with Gasteiger partial charge in [-0.15, -0.1) is 0 Å². The van der Waals surface area contributed by atoms with E-state index in [-0.39, 0.29) is 24.8 Å². The normalized spacial score (nSPS) is 14.4. The summed E-state index contributed by atoms with van der Waals surface area (Å²) in [6, 6.07) is 17.7. The number of hydrogen-bond donors (Lipinski definition) is 1. The molecule has 0 radical (unpaired) electrons. The summed E-state index contributed by atoms with van der Waals surface area (Å²) in [4.78, 5) is 40.9. The molecule has 3 rings (SSSR count). The zero-order valence-corrected chi connectivity index (χ0v) is 19.7. The monoisotopic (exact) mass is 451 g/mol. The number of benzene rings is 2. The van der Waals surface area contributed by atoms with Crippen molar-refractivity contribution >= 4 is 17.9 Å². The summed E-state index contributed by atoms with van der Waals surface area (Å²) < 4.78 is 5.18. The van der Waals surface area contributed by atoms with Crippen molar-refractivity contribution < 1.29 is 19.1 Å². The number of nitrogens with one attached hydrogen (secondary N) is 1. The number of hydrogen-bond acceptors (Lipinski definition) is 4. The van der Waals surface area contributed by atoms with Crippen molar-refractivity contribution in [3.05, 3.63) is 60.2 Å². The Morgan fingerprint density at radius 3 is 2.12 bits per heavy atom. The summed E-state index contributed by atoms with van der Waals surface area (Å²) in [5.41, 5.74) is 2.26. The minimum absolute atomic E-state index is 0.0181. The van der Waals surface area contributed by atoms with E-state index in [1.807, 2.05) is 59.5 Å². The summed E-state index contributed by atoms with van der Waals surface area (Å²) in [5, 5.41) is 2.62. The second kappa shape index (κ2) is 11.0.